The lowest BCUT2D eigenvalue weighted by Crippen LogP contribution is -2.40. The summed E-state index contributed by atoms with van der Waals surface area (Å²) in [6.45, 7) is 2.55. The molecule has 0 aliphatic rings. The van der Waals surface area contributed by atoms with Gasteiger partial charge in [-0.05, 0) is 13.8 Å². The number of amidine groups is 2. The Morgan fingerprint density at radius 3 is 1.38 bits per heavy atom. The standard InChI is InChI=1S/C8H12N8/c1-7(3-9,5(11)12)15-16-8(2,4-10)6(13)14/h1-2H3,(H3,11,12)(H3,13,14). The number of hydrogen-bond donors (Lipinski definition) is 4. The van der Waals surface area contributed by atoms with Crippen molar-refractivity contribution in [2.45, 2.75) is 24.9 Å². The second-order valence-corrected chi connectivity index (χ2v) is 3.40. The zero-order chi connectivity index (χ0) is 13.0. The van der Waals surface area contributed by atoms with Crippen LogP contribution in [-0.2, 0) is 0 Å². The van der Waals surface area contributed by atoms with Gasteiger partial charge in [0, 0.05) is 0 Å². The highest BCUT2D eigenvalue weighted by Crippen LogP contribution is 2.15. The van der Waals surface area contributed by atoms with Crippen molar-refractivity contribution in [2.24, 2.45) is 21.7 Å². The van der Waals surface area contributed by atoms with Gasteiger partial charge in [0.15, 0.2) is 0 Å². The summed E-state index contributed by atoms with van der Waals surface area (Å²) in [6, 6.07) is 3.37. The molecule has 0 bridgehead atoms. The lowest BCUT2D eigenvalue weighted by molar-refractivity contribution is 0.636. The topological polar surface area (TPSA) is 172 Å². The van der Waals surface area contributed by atoms with Crippen LogP contribution in [-0.4, -0.2) is 22.7 Å². The minimum Gasteiger partial charge on any atom is -0.385 e. The van der Waals surface area contributed by atoms with Gasteiger partial charge in [-0.3, -0.25) is 10.8 Å². The molecule has 0 saturated heterocycles. The Morgan fingerprint density at radius 1 is 1.00 bits per heavy atom. The zero-order valence-electron chi connectivity index (χ0n) is 8.94. The third-order valence-electron chi connectivity index (χ3n) is 1.93. The highest BCUT2D eigenvalue weighted by atomic mass is 15.2. The first-order valence-corrected chi connectivity index (χ1v) is 4.17. The van der Waals surface area contributed by atoms with E-state index in [2.05, 4.69) is 10.2 Å². The van der Waals surface area contributed by atoms with E-state index < -0.39 is 22.7 Å². The van der Waals surface area contributed by atoms with Crippen molar-refractivity contribution in [2.75, 3.05) is 0 Å². The molecule has 0 rings (SSSR count). The molecular formula is C8H12N8. The third kappa shape index (κ3) is 2.51. The van der Waals surface area contributed by atoms with Crippen molar-refractivity contribution >= 4 is 11.7 Å². The van der Waals surface area contributed by atoms with Crippen LogP contribution in [0.3, 0.4) is 0 Å². The highest BCUT2D eigenvalue weighted by Gasteiger charge is 2.32. The molecule has 0 aromatic carbocycles. The number of rotatable bonds is 4. The number of nitriles is 2. The average Bonchev–Trinajstić information content (AvgIpc) is 2.24. The first-order valence-electron chi connectivity index (χ1n) is 4.17. The quantitative estimate of drug-likeness (QED) is 0.294. The maximum atomic E-state index is 8.77. The molecule has 0 fully saturated rings. The molecule has 8 nitrogen and oxygen atoms in total. The second kappa shape index (κ2) is 4.36. The normalized spacial score (nSPS) is 17.8. The molecule has 84 valence electrons. The van der Waals surface area contributed by atoms with Gasteiger partial charge in [0.05, 0.1) is 0 Å². The van der Waals surface area contributed by atoms with E-state index in [1.807, 2.05) is 0 Å². The molecule has 0 aromatic rings. The highest BCUT2D eigenvalue weighted by molar-refractivity contribution is 5.91. The molecule has 6 N–H and O–H groups in total. The Morgan fingerprint density at radius 2 is 1.25 bits per heavy atom. The Kier molecular flexibility index (Phi) is 3.68. The van der Waals surface area contributed by atoms with Crippen LogP contribution in [0.2, 0.25) is 0 Å². The summed E-state index contributed by atoms with van der Waals surface area (Å²) in [5, 5.41) is 38.9. The number of azo groups is 1. The molecule has 0 aliphatic heterocycles. The summed E-state index contributed by atoms with van der Waals surface area (Å²) >= 11 is 0. The first-order chi connectivity index (χ1) is 7.22. The van der Waals surface area contributed by atoms with Crippen molar-refractivity contribution in [1.29, 1.82) is 21.3 Å². The van der Waals surface area contributed by atoms with Gasteiger partial charge < -0.3 is 11.5 Å². The number of nitrogens with two attached hydrogens (primary N) is 2. The van der Waals surface area contributed by atoms with Crippen molar-refractivity contribution in [3.8, 4) is 12.1 Å². The molecule has 2 atom stereocenters. The number of nitrogens with zero attached hydrogens (tertiary/aromatic N) is 4. The fourth-order valence-corrected chi connectivity index (χ4v) is 0.473. The average molecular weight is 220 g/mol. The van der Waals surface area contributed by atoms with Crippen LogP contribution in [0.4, 0.5) is 0 Å². The van der Waals surface area contributed by atoms with E-state index in [4.69, 9.17) is 32.8 Å². The SMILES string of the molecule is CC(C#N)(N=NC(C)(C#N)C(=N)N)C(=N)N. The molecular weight excluding hydrogens is 208 g/mol. The fourth-order valence-electron chi connectivity index (χ4n) is 0.473. The summed E-state index contributed by atoms with van der Waals surface area (Å²) < 4.78 is 0. The second-order valence-electron chi connectivity index (χ2n) is 3.40. The van der Waals surface area contributed by atoms with E-state index in [-0.39, 0.29) is 0 Å². The summed E-state index contributed by atoms with van der Waals surface area (Å²) in [5.74, 6) is -0.995. The van der Waals surface area contributed by atoms with Crippen LogP contribution in [0.5, 0.6) is 0 Å². The Bertz CT molecular complexity index is 384. The van der Waals surface area contributed by atoms with Gasteiger partial charge in [-0.2, -0.15) is 20.8 Å². The Balaban J connectivity index is 5.28. The van der Waals surface area contributed by atoms with Gasteiger partial charge in [-0.25, -0.2) is 0 Å². The zero-order valence-corrected chi connectivity index (χ0v) is 8.94. The molecule has 0 amide bonds. The fraction of sp³-hybridized carbons (Fsp3) is 0.500. The van der Waals surface area contributed by atoms with Gasteiger partial charge >= 0.3 is 0 Å². The Hall–Kier alpha value is -2.48. The molecule has 8 heteroatoms. The smallest absolute Gasteiger partial charge is 0.220 e. The molecule has 0 aromatic heterocycles. The first kappa shape index (κ1) is 13.5. The molecule has 0 heterocycles. The van der Waals surface area contributed by atoms with Crippen LogP contribution in [0.1, 0.15) is 13.8 Å². The van der Waals surface area contributed by atoms with Crippen molar-refractivity contribution in [3.63, 3.8) is 0 Å². The predicted octanol–water partition coefficient (Wildman–Crippen LogP) is -0.125. The third-order valence-corrected chi connectivity index (χ3v) is 1.93. The molecule has 0 saturated carbocycles. The van der Waals surface area contributed by atoms with Crippen LogP contribution in [0.25, 0.3) is 0 Å². The van der Waals surface area contributed by atoms with E-state index in [1.54, 1.807) is 12.1 Å². The van der Waals surface area contributed by atoms with Crippen LogP contribution in [0.15, 0.2) is 10.2 Å². The monoisotopic (exact) mass is 220 g/mol. The summed E-state index contributed by atoms with van der Waals surface area (Å²) in [5.41, 5.74) is 7.04. The lowest BCUT2D eigenvalue weighted by Gasteiger charge is -2.17. The van der Waals surface area contributed by atoms with Crippen LogP contribution >= 0.6 is 0 Å². The molecule has 16 heavy (non-hydrogen) atoms. The van der Waals surface area contributed by atoms with Gasteiger partial charge in [0.25, 0.3) is 0 Å². The van der Waals surface area contributed by atoms with Crippen LogP contribution < -0.4 is 11.5 Å². The summed E-state index contributed by atoms with van der Waals surface area (Å²) in [6.07, 6.45) is 0. The number of hydrogen-bond acceptors (Lipinski definition) is 6. The molecule has 2 unspecified atom stereocenters. The van der Waals surface area contributed by atoms with E-state index in [0.29, 0.717) is 0 Å². The molecule has 0 spiro atoms. The summed E-state index contributed by atoms with van der Waals surface area (Å²) in [7, 11) is 0. The van der Waals surface area contributed by atoms with Crippen molar-refractivity contribution < 1.29 is 0 Å². The summed E-state index contributed by atoms with van der Waals surface area (Å²) in [4.78, 5) is 0. The minimum absolute atomic E-state index is 0.498. The largest absolute Gasteiger partial charge is 0.385 e. The molecule has 0 radical (unpaired) electrons. The van der Waals surface area contributed by atoms with Gasteiger partial charge in [-0.1, -0.05) is 0 Å². The minimum atomic E-state index is -1.65. The maximum Gasteiger partial charge on any atom is 0.220 e. The maximum absolute atomic E-state index is 8.77. The number of nitrogens with one attached hydrogen (secondary N) is 2. The van der Waals surface area contributed by atoms with Gasteiger partial charge in [0.2, 0.25) is 11.1 Å². The lowest BCUT2D eigenvalue weighted by atomic mass is 10.0. The van der Waals surface area contributed by atoms with Gasteiger partial charge in [0.1, 0.15) is 23.8 Å². The van der Waals surface area contributed by atoms with Crippen molar-refractivity contribution in [1.82, 2.24) is 0 Å². The van der Waals surface area contributed by atoms with Crippen molar-refractivity contribution in [3.05, 3.63) is 0 Å². The van der Waals surface area contributed by atoms with E-state index >= 15 is 0 Å². The predicted molar refractivity (Wildman–Crippen MR) is 56.7 cm³/mol. The van der Waals surface area contributed by atoms with Crippen LogP contribution in [0, 0.1) is 33.5 Å². The molecule has 0 aliphatic carbocycles. The Labute approximate surface area is 92.6 Å². The van der Waals surface area contributed by atoms with E-state index in [0.717, 1.165) is 0 Å². The van der Waals surface area contributed by atoms with E-state index in [1.165, 1.54) is 13.8 Å². The van der Waals surface area contributed by atoms with E-state index in [9.17, 15) is 0 Å². The van der Waals surface area contributed by atoms with Gasteiger partial charge in [-0.15, -0.1) is 0 Å².